The van der Waals surface area contributed by atoms with E-state index in [-0.39, 0.29) is 23.2 Å². The highest BCUT2D eigenvalue weighted by Gasteiger charge is 2.45. The summed E-state index contributed by atoms with van der Waals surface area (Å²) in [6.45, 7) is 2.09. The molecule has 114 valence electrons. The summed E-state index contributed by atoms with van der Waals surface area (Å²) in [7, 11) is 0. The second-order valence-corrected chi connectivity index (χ2v) is 7.52. The zero-order valence-corrected chi connectivity index (χ0v) is 12.7. The minimum Gasteiger partial charge on any atom is -0.507 e. The summed E-state index contributed by atoms with van der Waals surface area (Å²) in [4.78, 5) is 12.4. The van der Waals surface area contributed by atoms with Gasteiger partial charge in [-0.25, -0.2) is 4.79 Å². The van der Waals surface area contributed by atoms with Crippen molar-refractivity contribution < 1.29 is 9.52 Å². The first-order valence-electron chi connectivity index (χ1n) is 8.50. The van der Waals surface area contributed by atoms with Gasteiger partial charge in [0.15, 0.2) is 0 Å². The fourth-order valence-corrected chi connectivity index (χ4v) is 3.79. The molecule has 21 heavy (non-hydrogen) atoms. The van der Waals surface area contributed by atoms with Crippen LogP contribution in [0.1, 0.15) is 75.0 Å². The molecule has 1 N–H and O–H groups in total. The topological polar surface area (TPSA) is 50.4 Å². The minimum atomic E-state index is -0.281. The Morgan fingerprint density at radius 1 is 1.19 bits per heavy atom. The molecule has 0 saturated heterocycles. The number of hydrogen-bond donors (Lipinski definition) is 1. The fraction of sp³-hybridized carbons (Fsp3) is 0.722. The molecule has 3 aliphatic carbocycles. The van der Waals surface area contributed by atoms with Crippen molar-refractivity contribution in [3.63, 3.8) is 0 Å². The third-order valence-corrected chi connectivity index (χ3v) is 5.45. The lowest BCUT2D eigenvalue weighted by atomic mass is 9.89. The summed E-state index contributed by atoms with van der Waals surface area (Å²) in [6, 6.07) is 1.72. The lowest BCUT2D eigenvalue weighted by molar-refractivity contribution is 0.369. The van der Waals surface area contributed by atoms with Crippen LogP contribution in [-0.2, 0) is 0 Å². The molecule has 3 fully saturated rings. The average molecular weight is 288 g/mol. The van der Waals surface area contributed by atoms with Crippen LogP contribution in [0.4, 0.5) is 0 Å². The predicted molar refractivity (Wildman–Crippen MR) is 80.6 cm³/mol. The maximum Gasteiger partial charge on any atom is 0.343 e. The van der Waals surface area contributed by atoms with Gasteiger partial charge in [0.25, 0.3) is 0 Å². The Morgan fingerprint density at radius 3 is 2.29 bits per heavy atom. The molecule has 3 heteroatoms. The quantitative estimate of drug-likeness (QED) is 0.855. The molecule has 0 aromatic carbocycles. The Hall–Kier alpha value is -1.25. The molecule has 3 nitrogen and oxygen atoms in total. The smallest absolute Gasteiger partial charge is 0.343 e. The maximum absolute atomic E-state index is 12.4. The van der Waals surface area contributed by atoms with E-state index in [9.17, 15) is 9.90 Å². The normalized spacial score (nSPS) is 23.5. The van der Waals surface area contributed by atoms with Gasteiger partial charge in [-0.15, -0.1) is 0 Å². The first kappa shape index (κ1) is 13.4. The van der Waals surface area contributed by atoms with Gasteiger partial charge in [0.2, 0.25) is 0 Å². The Balaban J connectivity index is 1.63. The predicted octanol–water partition coefficient (Wildman–Crippen LogP) is 4.15. The zero-order chi connectivity index (χ0) is 14.6. The summed E-state index contributed by atoms with van der Waals surface area (Å²) in [5.41, 5.74) is 0.291. The van der Waals surface area contributed by atoms with E-state index in [0.717, 1.165) is 12.3 Å². The number of hydrogen-bond acceptors (Lipinski definition) is 3. The molecule has 0 radical (unpaired) electrons. The largest absolute Gasteiger partial charge is 0.507 e. The van der Waals surface area contributed by atoms with E-state index < -0.39 is 0 Å². The minimum absolute atomic E-state index is 0.188. The van der Waals surface area contributed by atoms with Crippen molar-refractivity contribution in [3.8, 4) is 5.75 Å². The molecule has 1 atom stereocenters. The van der Waals surface area contributed by atoms with Gasteiger partial charge in [-0.05, 0) is 49.9 Å². The molecule has 1 heterocycles. The number of aromatic hydroxyl groups is 1. The van der Waals surface area contributed by atoms with Crippen LogP contribution < -0.4 is 5.63 Å². The highest BCUT2D eigenvalue weighted by molar-refractivity contribution is 5.36. The number of rotatable bonds is 6. The third kappa shape index (κ3) is 2.75. The summed E-state index contributed by atoms with van der Waals surface area (Å²) < 4.78 is 5.60. The molecule has 1 aromatic rings. The van der Waals surface area contributed by atoms with Crippen molar-refractivity contribution >= 4 is 0 Å². The molecule has 0 aliphatic heterocycles. The van der Waals surface area contributed by atoms with E-state index in [0.29, 0.717) is 23.2 Å². The van der Waals surface area contributed by atoms with Crippen LogP contribution in [0, 0.1) is 17.8 Å². The van der Waals surface area contributed by atoms with Crippen LogP contribution in [0.25, 0.3) is 0 Å². The molecular formula is C18H24O3. The second kappa shape index (κ2) is 4.89. The lowest BCUT2D eigenvalue weighted by Crippen LogP contribution is -2.17. The van der Waals surface area contributed by atoms with E-state index in [4.69, 9.17) is 4.42 Å². The van der Waals surface area contributed by atoms with Crippen LogP contribution in [0.5, 0.6) is 5.75 Å². The first-order valence-corrected chi connectivity index (χ1v) is 8.50. The van der Waals surface area contributed by atoms with Crippen LogP contribution in [0.3, 0.4) is 0 Å². The SMILES string of the molecule is CC(CC1CC1)c1cc(O)c(C(C2CC2)C2CC2)c(=O)o1. The van der Waals surface area contributed by atoms with Gasteiger partial charge >= 0.3 is 5.63 Å². The van der Waals surface area contributed by atoms with Gasteiger partial charge in [0.1, 0.15) is 11.5 Å². The van der Waals surface area contributed by atoms with E-state index in [1.165, 1.54) is 38.5 Å². The average Bonchev–Trinajstić information content (AvgIpc) is 3.26. The van der Waals surface area contributed by atoms with E-state index in [1.54, 1.807) is 6.07 Å². The molecule has 1 aromatic heterocycles. The van der Waals surface area contributed by atoms with Crippen LogP contribution in [0.2, 0.25) is 0 Å². The fourth-order valence-electron chi connectivity index (χ4n) is 3.79. The van der Waals surface area contributed by atoms with Gasteiger partial charge in [0.05, 0.1) is 5.56 Å². The van der Waals surface area contributed by atoms with Crippen LogP contribution in [0.15, 0.2) is 15.3 Å². The van der Waals surface area contributed by atoms with Crippen LogP contribution in [-0.4, -0.2) is 5.11 Å². The highest BCUT2D eigenvalue weighted by atomic mass is 16.4. The van der Waals surface area contributed by atoms with Crippen molar-refractivity contribution in [2.75, 3.05) is 0 Å². The van der Waals surface area contributed by atoms with Gasteiger partial charge in [-0.1, -0.05) is 19.8 Å². The molecular weight excluding hydrogens is 264 g/mol. The van der Waals surface area contributed by atoms with Crippen LogP contribution >= 0.6 is 0 Å². The Bertz CT molecular complexity index is 579. The Labute approximate surface area is 125 Å². The third-order valence-electron chi connectivity index (χ3n) is 5.45. The Kier molecular flexibility index (Phi) is 3.13. The van der Waals surface area contributed by atoms with E-state index in [2.05, 4.69) is 6.92 Å². The molecule has 4 rings (SSSR count). The maximum atomic E-state index is 12.4. The van der Waals surface area contributed by atoms with E-state index in [1.807, 2.05) is 0 Å². The lowest BCUT2D eigenvalue weighted by Gasteiger charge is -2.17. The Morgan fingerprint density at radius 2 is 1.81 bits per heavy atom. The van der Waals surface area contributed by atoms with Crippen molar-refractivity contribution in [1.29, 1.82) is 0 Å². The first-order chi connectivity index (χ1) is 10.1. The van der Waals surface area contributed by atoms with Gasteiger partial charge in [0, 0.05) is 17.9 Å². The molecule has 1 unspecified atom stereocenters. The van der Waals surface area contributed by atoms with E-state index >= 15 is 0 Å². The summed E-state index contributed by atoms with van der Waals surface area (Å²) in [6.07, 6.45) is 8.43. The van der Waals surface area contributed by atoms with Gasteiger partial charge in [-0.2, -0.15) is 0 Å². The van der Waals surface area contributed by atoms with Crippen molar-refractivity contribution in [2.45, 2.75) is 63.7 Å². The standard InChI is InChI=1S/C18H24O3/c1-10(8-11-2-3-11)15-9-14(19)17(18(20)21-15)16(12-4-5-12)13-6-7-13/h9-13,16,19H,2-8H2,1H3. The summed E-state index contributed by atoms with van der Waals surface area (Å²) in [5, 5.41) is 10.4. The highest BCUT2D eigenvalue weighted by Crippen LogP contribution is 2.55. The molecule has 3 saturated carbocycles. The molecule has 3 aliphatic rings. The zero-order valence-electron chi connectivity index (χ0n) is 12.7. The van der Waals surface area contributed by atoms with Crippen molar-refractivity contribution in [1.82, 2.24) is 0 Å². The van der Waals surface area contributed by atoms with Gasteiger partial charge in [-0.3, -0.25) is 0 Å². The summed E-state index contributed by atoms with van der Waals surface area (Å²) >= 11 is 0. The molecule has 0 spiro atoms. The van der Waals surface area contributed by atoms with Gasteiger partial charge < -0.3 is 9.52 Å². The summed E-state index contributed by atoms with van der Waals surface area (Å²) in [5.74, 6) is 3.31. The van der Waals surface area contributed by atoms with Crippen molar-refractivity contribution in [2.24, 2.45) is 17.8 Å². The second-order valence-electron chi connectivity index (χ2n) is 7.52. The van der Waals surface area contributed by atoms with Crippen molar-refractivity contribution in [3.05, 3.63) is 27.8 Å². The molecule has 0 bridgehead atoms. The monoisotopic (exact) mass is 288 g/mol. The molecule has 0 amide bonds.